The molecule has 0 spiro atoms. The van der Waals surface area contributed by atoms with Crippen LogP contribution in [0.3, 0.4) is 0 Å². The lowest BCUT2D eigenvalue weighted by atomic mass is 9.91. The van der Waals surface area contributed by atoms with Crippen LogP contribution in [-0.2, 0) is 22.9 Å². The van der Waals surface area contributed by atoms with E-state index in [0.29, 0.717) is 43.1 Å². The number of rotatable bonds is 11. The fraction of sp³-hybridized carbons (Fsp3) is 0.387. The van der Waals surface area contributed by atoms with E-state index in [2.05, 4.69) is 6.92 Å². The number of hydrogen-bond donors (Lipinski definition) is 0. The Kier molecular flexibility index (Phi) is 9.37. The highest BCUT2D eigenvalue weighted by molar-refractivity contribution is 7.89. The minimum absolute atomic E-state index is 0.170. The summed E-state index contributed by atoms with van der Waals surface area (Å²) in [6, 6.07) is 17.6. The molecular formula is C31H38N2O6S. The van der Waals surface area contributed by atoms with E-state index in [0.717, 1.165) is 23.3 Å². The van der Waals surface area contributed by atoms with Crippen LogP contribution in [0.2, 0.25) is 0 Å². The van der Waals surface area contributed by atoms with Gasteiger partial charge in [-0.25, -0.2) is 8.42 Å². The third-order valence-electron chi connectivity index (χ3n) is 7.45. The van der Waals surface area contributed by atoms with Crippen molar-refractivity contribution in [2.45, 2.75) is 44.6 Å². The van der Waals surface area contributed by atoms with Gasteiger partial charge in [-0.3, -0.25) is 4.79 Å². The maximum absolute atomic E-state index is 13.9. The standard InChI is InChI=1S/C31H38N2O6S/c1-6-22-9-13-25(14-10-22)39-21-28-27-20-30(38-5)29(37-4)19-24(27)17-18-33(28)31(34)23-11-15-26(16-12-23)40(35,36)32(7-2)8-3/h9-16,19-20,28H,6-8,17-18,21H2,1-5H3/t28-/m1/s1. The molecule has 0 saturated heterocycles. The molecule has 0 bridgehead atoms. The van der Waals surface area contributed by atoms with E-state index in [4.69, 9.17) is 14.2 Å². The molecule has 0 fully saturated rings. The summed E-state index contributed by atoms with van der Waals surface area (Å²) < 4.78 is 44.6. The molecule has 9 heteroatoms. The van der Waals surface area contributed by atoms with E-state index in [1.54, 1.807) is 45.1 Å². The van der Waals surface area contributed by atoms with E-state index in [-0.39, 0.29) is 23.5 Å². The van der Waals surface area contributed by atoms with Crippen molar-refractivity contribution in [2.75, 3.05) is 40.5 Å². The zero-order valence-corrected chi connectivity index (χ0v) is 24.7. The van der Waals surface area contributed by atoms with Gasteiger partial charge in [-0.15, -0.1) is 0 Å². The Balaban J connectivity index is 1.66. The molecule has 1 aliphatic heterocycles. The minimum Gasteiger partial charge on any atom is -0.493 e. The van der Waals surface area contributed by atoms with Crippen molar-refractivity contribution in [2.24, 2.45) is 0 Å². The molecule has 1 aliphatic rings. The van der Waals surface area contributed by atoms with E-state index in [9.17, 15) is 13.2 Å². The summed E-state index contributed by atoms with van der Waals surface area (Å²) >= 11 is 0. The van der Waals surface area contributed by atoms with Crippen LogP contribution in [0.25, 0.3) is 0 Å². The number of hydrogen-bond acceptors (Lipinski definition) is 6. The first-order valence-electron chi connectivity index (χ1n) is 13.6. The Labute approximate surface area is 237 Å². The predicted octanol–water partition coefficient (Wildman–Crippen LogP) is 5.12. The molecule has 214 valence electrons. The van der Waals surface area contributed by atoms with Crippen molar-refractivity contribution in [1.29, 1.82) is 0 Å². The quantitative estimate of drug-likeness (QED) is 0.321. The highest BCUT2D eigenvalue weighted by atomic mass is 32.2. The van der Waals surface area contributed by atoms with Crippen molar-refractivity contribution < 1.29 is 27.4 Å². The van der Waals surface area contributed by atoms with Crippen LogP contribution in [0.15, 0.2) is 65.6 Å². The predicted molar refractivity (Wildman–Crippen MR) is 155 cm³/mol. The van der Waals surface area contributed by atoms with Gasteiger partial charge in [0.25, 0.3) is 5.91 Å². The van der Waals surface area contributed by atoms with Crippen LogP contribution >= 0.6 is 0 Å². The lowest BCUT2D eigenvalue weighted by Crippen LogP contribution is -2.42. The van der Waals surface area contributed by atoms with Crippen molar-refractivity contribution >= 4 is 15.9 Å². The molecule has 0 saturated carbocycles. The highest BCUT2D eigenvalue weighted by Crippen LogP contribution is 2.39. The zero-order chi connectivity index (χ0) is 28.9. The van der Waals surface area contributed by atoms with Gasteiger partial charge in [0, 0.05) is 25.2 Å². The Bertz CT molecular complexity index is 1420. The van der Waals surface area contributed by atoms with Crippen LogP contribution in [0.4, 0.5) is 0 Å². The molecule has 0 unspecified atom stereocenters. The third kappa shape index (κ3) is 5.95. The monoisotopic (exact) mass is 566 g/mol. The van der Waals surface area contributed by atoms with Gasteiger partial charge in [0.2, 0.25) is 10.0 Å². The second-order valence-electron chi connectivity index (χ2n) is 9.59. The van der Waals surface area contributed by atoms with Gasteiger partial charge in [-0.1, -0.05) is 32.9 Å². The number of methoxy groups -OCH3 is 2. The molecule has 0 aromatic heterocycles. The van der Waals surface area contributed by atoms with Crippen molar-refractivity contribution in [1.82, 2.24) is 9.21 Å². The molecule has 1 atom stereocenters. The molecular weight excluding hydrogens is 528 g/mol. The van der Waals surface area contributed by atoms with E-state index in [1.807, 2.05) is 36.4 Å². The summed E-state index contributed by atoms with van der Waals surface area (Å²) in [4.78, 5) is 15.8. The fourth-order valence-corrected chi connectivity index (χ4v) is 6.55. The summed E-state index contributed by atoms with van der Waals surface area (Å²) in [6.45, 7) is 7.19. The summed E-state index contributed by atoms with van der Waals surface area (Å²) in [5, 5.41) is 0. The first-order valence-corrected chi connectivity index (χ1v) is 15.1. The van der Waals surface area contributed by atoms with E-state index in [1.165, 1.54) is 22.0 Å². The van der Waals surface area contributed by atoms with Crippen LogP contribution in [0.1, 0.15) is 53.9 Å². The Morgan fingerprint density at radius 2 is 1.55 bits per heavy atom. The molecule has 1 amide bonds. The molecule has 8 nitrogen and oxygen atoms in total. The number of carbonyl (C=O) groups excluding carboxylic acids is 1. The topological polar surface area (TPSA) is 85.4 Å². The number of sulfonamides is 1. The number of nitrogens with zero attached hydrogens (tertiary/aromatic N) is 2. The number of aryl methyl sites for hydroxylation is 1. The zero-order valence-electron chi connectivity index (χ0n) is 23.8. The van der Waals surface area contributed by atoms with E-state index < -0.39 is 10.0 Å². The van der Waals surface area contributed by atoms with Crippen LogP contribution < -0.4 is 14.2 Å². The van der Waals surface area contributed by atoms with Gasteiger partial charge in [-0.05, 0) is 78.1 Å². The fourth-order valence-electron chi connectivity index (χ4n) is 5.10. The van der Waals surface area contributed by atoms with Crippen molar-refractivity contribution in [3.05, 3.63) is 82.9 Å². The number of amides is 1. The number of ether oxygens (including phenoxy) is 3. The lowest BCUT2D eigenvalue weighted by Gasteiger charge is -2.37. The first kappa shape index (κ1) is 29.4. The second kappa shape index (κ2) is 12.7. The molecule has 40 heavy (non-hydrogen) atoms. The van der Waals surface area contributed by atoms with Gasteiger partial charge < -0.3 is 19.1 Å². The number of benzene rings is 3. The summed E-state index contributed by atoms with van der Waals surface area (Å²) in [5.41, 5.74) is 3.63. The van der Waals surface area contributed by atoms with Gasteiger partial charge >= 0.3 is 0 Å². The average molecular weight is 567 g/mol. The molecule has 4 rings (SSSR count). The van der Waals surface area contributed by atoms with Crippen molar-refractivity contribution in [3.63, 3.8) is 0 Å². The Morgan fingerprint density at radius 3 is 2.12 bits per heavy atom. The molecule has 1 heterocycles. The lowest BCUT2D eigenvalue weighted by molar-refractivity contribution is 0.0589. The SMILES string of the molecule is CCc1ccc(OC[C@@H]2c3cc(OC)c(OC)cc3CCN2C(=O)c2ccc(S(=O)(=O)N(CC)CC)cc2)cc1. The van der Waals surface area contributed by atoms with Gasteiger partial charge in [0.1, 0.15) is 12.4 Å². The van der Waals surface area contributed by atoms with E-state index >= 15 is 0 Å². The minimum atomic E-state index is -3.62. The normalized spacial score (nSPS) is 15.1. The molecule has 3 aromatic carbocycles. The van der Waals surface area contributed by atoms with Gasteiger partial charge in [-0.2, -0.15) is 4.31 Å². The summed E-state index contributed by atoms with van der Waals surface area (Å²) in [5.74, 6) is 1.75. The summed E-state index contributed by atoms with van der Waals surface area (Å²) in [7, 11) is -0.423. The smallest absolute Gasteiger partial charge is 0.254 e. The second-order valence-corrected chi connectivity index (χ2v) is 11.5. The number of carbonyl (C=O) groups is 1. The average Bonchev–Trinajstić information content (AvgIpc) is 2.99. The van der Waals surface area contributed by atoms with Gasteiger partial charge in [0.05, 0.1) is 25.2 Å². The third-order valence-corrected chi connectivity index (χ3v) is 9.51. The molecule has 0 N–H and O–H groups in total. The van der Waals surface area contributed by atoms with Crippen molar-refractivity contribution in [3.8, 4) is 17.2 Å². The van der Waals surface area contributed by atoms with Crippen LogP contribution in [0, 0.1) is 0 Å². The maximum atomic E-state index is 13.9. The molecule has 3 aromatic rings. The Morgan fingerprint density at radius 1 is 0.925 bits per heavy atom. The van der Waals surface area contributed by atoms with Crippen LogP contribution in [-0.4, -0.2) is 64.0 Å². The first-order chi connectivity index (χ1) is 19.3. The maximum Gasteiger partial charge on any atom is 0.254 e. The molecule has 0 aliphatic carbocycles. The van der Waals surface area contributed by atoms with Crippen LogP contribution in [0.5, 0.6) is 17.2 Å². The molecule has 0 radical (unpaired) electrons. The number of fused-ring (bicyclic) bond motifs is 1. The summed E-state index contributed by atoms with van der Waals surface area (Å²) in [6.07, 6.45) is 1.58. The largest absolute Gasteiger partial charge is 0.493 e. The Hall–Kier alpha value is -3.56. The highest BCUT2D eigenvalue weighted by Gasteiger charge is 2.34. The van der Waals surface area contributed by atoms with Gasteiger partial charge in [0.15, 0.2) is 11.5 Å².